The maximum absolute atomic E-state index is 6.25. The number of nitrogens with zero attached hydrogens (tertiary/aromatic N) is 2. The Bertz CT molecular complexity index is 444. The molecule has 1 aromatic carbocycles. The van der Waals surface area contributed by atoms with Crippen molar-refractivity contribution in [2.75, 3.05) is 40.8 Å². The van der Waals surface area contributed by atoms with E-state index in [9.17, 15) is 0 Å². The molecule has 0 saturated heterocycles. The van der Waals surface area contributed by atoms with Gasteiger partial charge < -0.3 is 10.6 Å². The molecule has 0 spiro atoms. The third kappa shape index (κ3) is 2.76. The second kappa shape index (κ2) is 6.25. The smallest absolute Gasteiger partial charge is 0.0584 e. The molecule has 2 unspecified atom stereocenters. The van der Waals surface area contributed by atoms with Gasteiger partial charge in [0, 0.05) is 19.6 Å². The first kappa shape index (κ1) is 15.5. The van der Waals surface area contributed by atoms with E-state index >= 15 is 0 Å². The summed E-state index contributed by atoms with van der Waals surface area (Å²) in [5.41, 5.74) is 9.20. The second-order valence-electron chi connectivity index (χ2n) is 6.49. The number of rotatable bonds is 5. The fourth-order valence-corrected chi connectivity index (χ4v) is 3.42. The summed E-state index contributed by atoms with van der Waals surface area (Å²) in [6.45, 7) is 5.14. The summed E-state index contributed by atoms with van der Waals surface area (Å²) in [4.78, 5) is 4.70. The molecule has 3 nitrogen and oxygen atoms in total. The highest BCUT2D eigenvalue weighted by molar-refractivity contribution is 5.39. The maximum Gasteiger partial charge on any atom is 0.0584 e. The van der Waals surface area contributed by atoms with Crippen LogP contribution in [0.25, 0.3) is 0 Å². The third-order valence-electron chi connectivity index (χ3n) is 4.93. The molecule has 1 aliphatic rings. The highest BCUT2D eigenvalue weighted by atomic mass is 15.2. The third-order valence-corrected chi connectivity index (χ3v) is 4.93. The van der Waals surface area contributed by atoms with Gasteiger partial charge in [-0.1, -0.05) is 31.2 Å². The number of hydrogen-bond donors (Lipinski definition) is 1. The van der Waals surface area contributed by atoms with Crippen LogP contribution in [-0.4, -0.2) is 50.6 Å². The highest BCUT2D eigenvalue weighted by Crippen LogP contribution is 2.43. The van der Waals surface area contributed by atoms with Gasteiger partial charge >= 0.3 is 0 Å². The van der Waals surface area contributed by atoms with Crippen molar-refractivity contribution in [3.05, 3.63) is 35.4 Å². The number of hydrogen-bond acceptors (Lipinski definition) is 3. The number of benzene rings is 1. The predicted octanol–water partition coefficient (Wildman–Crippen LogP) is 2.23. The van der Waals surface area contributed by atoms with E-state index in [4.69, 9.17) is 5.73 Å². The van der Waals surface area contributed by atoms with Gasteiger partial charge in [0.15, 0.2) is 0 Å². The average molecular weight is 275 g/mol. The van der Waals surface area contributed by atoms with E-state index in [-0.39, 0.29) is 5.54 Å². The first-order valence-electron chi connectivity index (χ1n) is 7.66. The van der Waals surface area contributed by atoms with Crippen LogP contribution < -0.4 is 5.73 Å². The van der Waals surface area contributed by atoms with Gasteiger partial charge in [-0.25, -0.2) is 0 Å². The molecule has 2 N–H and O–H groups in total. The van der Waals surface area contributed by atoms with E-state index < -0.39 is 0 Å². The molecular weight excluding hydrogens is 246 g/mol. The van der Waals surface area contributed by atoms with Crippen LogP contribution in [0.5, 0.6) is 0 Å². The lowest BCUT2D eigenvalue weighted by atomic mass is 9.71. The van der Waals surface area contributed by atoms with Crippen LogP contribution in [0.4, 0.5) is 0 Å². The summed E-state index contributed by atoms with van der Waals surface area (Å²) >= 11 is 0. The Kier molecular flexibility index (Phi) is 4.84. The Morgan fingerprint density at radius 1 is 1.20 bits per heavy atom. The Hall–Kier alpha value is -0.900. The molecule has 2 atom stereocenters. The summed E-state index contributed by atoms with van der Waals surface area (Å²) in [6, 6.07) is 8.87. The van der Waals surface area contributed by atoms with Gasteiger partial charge in [-0.2, -0.15) is 0 Å². The SMILES string of the molecule is CC1CCC(CN)(N(C)CCN(C)C)c2ccccc21. The minimum absolute atomic E-state index is 0.0130. The molecule has 0 fully saturated rings. The molecule has 1 aromatic rings. The first-order chi connectivity index (χ1) is 9.51. The van der Waals surface area contributed by atoms with Crippen LogP contribution >= 0.6 is 0 Å². The van der Waals surface area contributed by atoms with Crippen molar-refractivity contribution in [1.82, 2.24) is 9.80 Å². The average Bonchev–Trinajstić information content (AvgIpc) is 2.46. The molecule has 0 aliphatic heterocycles. The summed E-state index contributed by atoms with van der Waals surface area (Å²) in [5, 5.41) is 0. The Morgan fingerprint density at radius 2 is 1.90 bits per heavy atom. The molecule has 2 rings (SSSR count). The topological polar surface area (TPSA) is 32.5 Å². The molecule has 0 aromatic heterocycles. The zero-order valence-corrected chi connectivity index (χ0v) is 13.4. The molecular formula is C17H29N3. The van der Waals surface area contributed by atoms with Crippen molar-refractivity contribution in [3.8, 4) is 0 Å². The molecule has 20 heavy (non-hydrogen) atoms. The van der Waals surface area contributed by atoms with Gasteiger partial charge in [0.1, 0.15) is 0 Å². The van der Waals surface area contributed by atoms with E-state index in [1.807, 2.05) is 0 Å². The van der Waals surface area contributed by atoms with Crippen molar-refractivity contribution >= 4 is 0 Å². The number of nitrogens with two attached hydrogens (primary N) is 1. The van der Waals surface area contributed by atoms with Crippen LogP contribution in [0.15, 0.2) is 24.3 Å². The Morgan fingerprint density at radius 3 is 2.55 bits per heavy atom. The summed E-state index contributed by atoms with van der Waals surface area (Å²) in [5.74, 6) is 0.646. The lowest BCUT2D eigenvalue weighted by molar-refractivity contribution is 0.0919. The van der Waals surface area contributed by atoms with Gasteiger partial charge in [0.25, 0.3) is 0 Å². The molecule has 0 amide bonds. The van der Waals surface area contributed by atoms with Crippen molar-refractivity contribution in [2.45, 2.75) is 31.2 Å². The van der Waals surface area contributed by atoms with Gasteiger partial charge in [-0.3, -0.25) is 4.90 Å². The molecule has 112 valence electrons. The van der Waals surface area contributed by atoms with Gasteiger partial charge in [-0.05, 0) is 51.0 Å². The van der Waals surface area contributed by atoms with Gasteiger partial charge in [0.05, 0.1) is 5.54 Å². The molecule has 1 aliphatic carbocycles. The zero-order chi connectivity index (χ0) is 14.8. The lowest BCUT2D eigenvalue weighted by Crippen LogP contribution is -2.53. The normalized spacial score (nSPS) is 26.1. The van der Waals surface area contributed by atoms with Crippen molar-refractivity contribution in [1.29, 1.82) is 0 Å². The Balaban J connectivity index is 2.33. The van der Waals surface area contributed by atoms with Crippen molar-refractivity contribution < 1.29 is 0 Å². The second-order valence-corrected chi connectivity index (χ2v) is 6.49. The van der Waals surface area contributed by atoms with Crippen LogP contribution in [0.3, 0.4) is 0 Å². The number of likely N-dealkylation sites (N-methyl/N-ethyl adjacent to an activating group) is 2. The summed E-state index contributed by atoms with van der Waals surface area (Å²) in [7, 11) is 6.48. The van der Waals surface area contributed by atoms with Crippen LogP contribution in [0.2, 0.25) is 0 Å². The zero-order valence-electron chi connectivity index (χ0n) is 13.4. The van der Waals surface area contributed by atoms with Gasteiger partial charge in [0.2, 0.25) is 0 Å². The lowest BCUT2D eigenvalue weighted by Gasteiger charge is -2.47. The molecule has 3 heteroatoms. The minimum Gasteiger partial charge on any atom is -0.328 e. The van der Waals surface area contributed by atoms with E-state index in [2.05, 4.69) is 62.1 Å². The van der Waals surface area contributed by atoms with E-state index in [1.54, 1.807) is 0 Å². The summed E-state index contributed by atoms with van der Waals surface area (Å²) < 4.78 is 0. The minimum atomic E-state index is 0.0130. The largest absolute Gasteiger partial charge is 0.328 e. The predicted molar refractivity (Wildman–Crippen MR) is 86.0 cm³/mol. The first-order valence-corrected chi connectivity index (χ1v) is 7.66. The molecule has 0 radical (unpaired) electrons. The standard InChI is InChI=1S/C17H29N3/c1-14-9-10-17(13-18,20(4)12-11-19(2)3)16-8-6-5-7-15(14)16/h5-8,14H,9-13,18H2,1-4H3. The molecule has 0 bridgehead atoms. The quantitative estimate of drug-likeness (QED) is 0.894. The Labute approximate surface area is 123 Å². The van der Waals surface area contributed by atoms with Crippen LogP contribution in [0.1, 0.15) is 36.8 Å². The fraction of sp³-hybridized carbons (Fsp3) is 0.647. The molecule has 0 heterocycles. The summed E-state index contributed by atoms with van der Waals surface area (Å²) in [6.07, 6.45) is 2.38. The number of fused-ring (bicyclic) bond motifs is 1. The highest BCUT2D eigenvalue weighted by Gasteiger charge is 2.40. The van der Waals surface area contributed by atoms with Crippen molar-refractivity contribution in [2.24, 2.45) is 5.73 Å². The van der Waals surface area contributed by atoms with Crippen LogP contribution in [-0.2, 0) is 5.54 Å². The van der Waals surface area contributed by atoms with E-state index in [0.29, 0.717) is 12.5 Å². The fourth-order valence-electron chi connectivity index (χ4n) is 3.42. The van der Waals surface area contributed by atoms with Gasteiger partial charge in [-0.15, -0.1) is 0 Å². The maximum atomic E-state index is 6.25. The monoisotopic (exact) mass is 275 g/mol. The van der Waals surface area contributed by atoms with E-state index in [1.165, 1.54) is 17.5 Å². The van der Waals surface area contributed by atoms with Crippen LogP contribution in [0, 0.1) is 0 Å². The van der Waals surface area contributed by atoms with E-state index in [0.717, 1.165) is 19.5 Å². The molecule has 0 saturated carbocycles. The van der Waals surface area contributed by atoms with Crippen molar-refractivity contribution in [3.63, 3.8) is 0 Å².